The first-order valence-electron chi connectivity index (χ1n) is 6.05. The van der Waals surface area contributed by atoms with Crippen molar-refractivity contribution in [3.05, 3.63) is 41.8 Å². The topological polar surface area (TPSA) is 37.8 Å². The zero-order valence-corrected chi connectivity index (χ0v) is 10.6. The maximum absolute atomic E-state index is 13.8. The van der Waals surface area contributed by atoms with E-state index in [4.69, 9.17) is 0 Å². The Morgan fingerprint density at radius 3 is 2.67 bits per heavy atom. The highest BCUT2D eigenvalue weighted by atomic mass is 19.1. The summed E-state index contributed by atoms with van der Waals surface area (Å²) >= 11 is 0. The number of hydrogen-bond donors (Lipinski definition) is 1. The quantitative estimate of drug-likeness (QED) is 0.897. The van der Waals surface area contributed by atoms with Gasteiger partial charge in [-0.3, -0.25) is 0 Å². The molecule has 0 saturated carbocycles. The minimum atomic E-state index is -0.241. The van der Waals surface area contributed by atoms with Crippen LogP contribution in [0.25, 0.3) is 11.1 Å². The number of hydrogen-bond acceptors (Lipinski definition) is 3. The summed E-state index contributed by atoms with van der Waals surface area (Å²) in [4.78, 5) is 0. The van der Waals surface area contributed by atoms with Gasteiger partial charge in [-0.25, -0.2) is 4.39 Å². The summed E-state index contributed by atoms with van der Waals surface area (Å²) in [5.41, 5.74) is 2.06. The van der Waals surface area contributed by atoms with E-state index in [1.807, 2.05) is 19.1 Å². The van der Waals surface area contributed by atoms with Crippen molar-refractivity contribution >= 4 is 5.82 Å². The van der Waals surface area contributed by atoms with Gasteiger partial charge in [-0.05, 0) is 25.5 Å². The van der Waals surface area contributed by atoms with E-state index in [1.165, 1.54) is 6.07 Å². The molecule has 0 aliphatic heterocycles. The average Bonchev–Trinajstić information content (AvgIpc) is 2.39. The molecule has 0 aliphatic rings. The molecule has 0 spiro atoms. The summed E-state index contributed by atoms with van der Waals surface area (Å²) < 4.78 is 13.8. The minimum Gasteiger partial charge on any atom is -0.369 e. The molecule has 0 aliphatic carbocycles. The van der Waals surface area contributed by atoms with Gasteiger partial charge in [0.05, 0.1) is 5.69 Å². The Bertz CT molecular complexity index is 540. The largest absolute Gasteiger partial charge is 0.369 e. The number of benzene rings is 1. The van der Waals surface area contributed by atoms with Crippen molar-refractivity contribution in [1.29, 1.82) is 0 Å². The van der Waals surface area contributed by atoms with Crippen LogP contribution in [0.5, 0.6) is 0 Å². The van der Waals surface area contributed by atoms with Crippen molar-refractivity contribution < 1.29 is 4.39 Å². The van der Waals surface area contributed by atoms with E-state index < -0.39 is 0 Å². The molecule has 0 saturated heterocycles. The van der Waals surface area contributed by atoms with Gasteiger partial charge in [-0.1, -0.05) is 25.1 Å². The van der Waals surface area contributed by atoms with E-state index in [-0.39, 0.29) is 5.82 Å². The molecule has 0 bridgehead atoms. The molecule has 2 aromatic rings. The lowest BCUT2D eigenvalue weighted by Crippen LogP contribution is -2.04. The number of aromatic nitrogens is 2. The predicted octanol–water partition coefficient (Wildman–Crippen LogP) is 3.41. The zero-order chi connectivity index (χ0) is 13.0. The first-order valence-corrected chi connectivity index (χ1v) is 6.05. The zero-order valence-electron chi connectivity index (χ0n) is 10.6. The summed E-state index contributed by atoms with van der Waals surface area (Å²) in [5.74, 6) is 0.441. The fourth-order valence-corrected chi connectivity index (χ4v) is 1.74. The fraction of sp³-hybridized carbons (Fsp3) is 0.286. The molecule has 3 nitrogen and oxygen atoms in total. The van der Waals surface area contributed by atoms with E-state index in [0.717, 1.165) is 24.2 Å². The normalized spacial score (nSPS) is 10.4. The molecule has 0 atom stereocenters. The fourth-order valence-electron chi connectivity index (χ4n) is 1.74. The van der Waals surface area contributed by atoms with Crippen molar-refractivity contribution in [2.24, 2.45) is 0 Å². The van der Waals surface area contributed by atoms with E-state index in [1.54, 1.807) is 12.1 Å². The van der Waals surface area contributed by atoms with Crippen molar-refractivity contribution in [1.82, 2.24) is 10.2 Å². The molecule has 1 heterocycles. The standard InChI is InChI=1S/C14H16FN3/c1-3-8-16-14-9-12(10(2)17-18-14)11-6-4-5-7-13(11)15/h4-7,9H,3,8H2,1-2H3,(H,16,18). The Kier molecular flexibility index (Phi) is 3.87. The van der Waals surface area contributed by atoms with Gasteiger partial charge in [-0.2, -0.15) is 5.10 Å². The molecule has 0 amide bonds. The molecular formula is C14H16FN3. The smallest absolute Gasteiger partial charge is 0.149 e. The Labute approximate surface area is 106 Å². The third kappa shape index (κ3) is 2.64. The second-order valence-electron chi connectivity index (χ2n) is 4.14. The van der Waals surface area contributed by atoms with Crippen LogP contribution in [0.3, 0.4) is 0 Å². The summed E-state index contributed by atoms with van der Waals surface area (Å²) in [6.45, 7) is 4.74. The molecule has 18 heavy (non-hydrogen) atoms. The maximum atomic E-state index is 13.8. The predicted molar refractivity (Wildman–Crippen MR) is 70.9 cm³/mol. The monoisotopic (exact) mass is 245 g/mol. The van der Waals surface area contributed by atoms with Gasteiger partial charge in [0.1, 0.15) is 11.6 Å². The first-order chi connectivity index (χ1) is 8.72. The number of nitrogens with zero attached hydrogens (tertiary/aromatic N) is 2. The molecule has 0 fully saturated rings. The lowest BCUT2D eigenvalue weighted by Gasteiger charge is -2.09. The van der Waals surface area contributed by atoms with Crippen LogP contribution in [-0.2, 0) is 0 Å². The Balaban J connectivity index is 2.40. The van der Waals surface area contributed by atoms with Crippen LogP contribution in [-0.4, -0.2) is 16.7 Å². The van der Waals surface area contributed by atoms with Gasteiger partial charge in [0.15, 0.2) is 0 Å². The van der Waals surface area contributed by atoms with Crippen LogP contribution in [0.1, 0.15) is 19.0 Å². The number of aryl methyl sites for hydroxylation is 1. The lowest BCUT2D eigenvalue weighted by molar-refractivity contribution is 0.631. The summed E-state index contributed by atoms with van der Waals surface area (Å²) in [5, 5.41) is 11.3. The Morgan fingerprint density at radius 1 is 1.17 bits per heavy atom. The molecular weight excluding hydrogens is 229 g/mol. The van der Waals surface area contributed by atoms with Gasteiger partial charge < -0.3 is 5.32 Å². The number of anilines is 1. The van der Waals surface area contributed by atoms with E-state index >= 15 is 0 Å². The van der Waals surface area contributed by atoms with E-state index in [0.29, 0.717) is 11.4 Å². The number of nitrogens with one attached hydrogen (secondary N) is 1. The second-order valence-corrected chi connectivity index (χ2v) is 4.14. The van der Waals surface area contributed by atoms with Crippen LogP contribution in [0, 0.1) is 12.7 Å². The van der Waals surface area contributed by atoms with E-state index in [2.05, 4.69) is 22.4 Å². The highest BCUT2D eigenvalue weighted by Gasteiger charge is 2.09. The molecule has 1 aromatic carbocycles. The van der Waals surface area contributed by atoms with Gasteiger partial charge in [0.25, 0.3) is 0 Å². The maximum Gasteiger partial charge on any atom is 0.149 e. The van der Waals surface area contributed by atoms with Crippen LogP contribution >= 0.6 is 0 Å². The Morgan fingerprint density at radius 2 is 1.94 bits per heavy atom. The van der Waals surface area contributed by atoms with Gasteiger partial charge in [0, 0.05) is 17.7 Å². The van der Waals surface area contributed by atoms with Crippen molar-refractivity contribution in [3.63, 3.8) is 0 Å². The molecule has 94 valence electrons. The average molecular weight is 245 g/mol. The molecule has 1 aromatic heterocycles. The summed E-state index contributed by atoms with van der Waals surface area (Å²) in [7, 11) is 0. The van der Waals surface area contributed by atoms with Crippen molar-refractivity contribution in [2.45, 2.75) is 20.3 Å². The van der Waals surface area contributed by atoms with E-state index in [9.17, 15) is 4.39 Å². The third-order valence-corrected chi connectivity index (χ3v) is 2.70. The van der Waals surface area contributed by atoms with Crippen LogP contribution in [0.4, 0.5) is 10.2 Å². The van der Waals surface area contributed by atoms with Gasteiger partial charge >= 0.3 is 0 Å². The lowest BCUT2D eigenvalue weighted by atomic mass is 10.0. The Hall–Kier alpha value is -1.97. The van der Waals surface area contributed by atoms with Gasteiger partial charge in [-0.15, -0.1) is 5.10 Å². The highest BCUT2D eigenvalue weighted by molar-refractivity contribution is 5.68. The van der Waals surface area contributed by atoms with Crippen LogP contribution in [0.2, 0.25) is 0 Å². The molecule has 0 unspecified atom stereocenters. The van der Waals surface area contributed by atoms with Crippen LogP contribution in [0.15, 0.2) is 30.3 Å². The minimum absolute atomic E-state index is 0.241. The molecule has 4 heteroatoms. The molecule has 1 N–H and O–H groups in total. The third-order valence-electron chi connectivity index (χ3n) is 2.70. The molecule has 2 rings (SSSR count). The summed E-state index contributed by atoms with van der Waals surface area (Å²) in [6.07, 6.45) is 1.00. The van der Waals surface area contributed by atoms with Gasteiger partial charge in [0.2, 0.25) is 0 Å². The highest BCUT2D eigenvalue weighted by Crippen LogP contribution is 2.26. The van der Waals surface area contributed by atoms with Crippen LogP contribution < -0.4 is 5.32 Å². The first kappa shape index (κ1) is 12.5. The summed E-state index contributed by atoms with van der Waals surface area (Å²) in [6, 6.07) is 8.55. The number of halogens is 1. The number of rotatable bonds is 4. The molecule has 0 radical (unpaired) electrons. The SMILES string of the molecule is CCCNc1cc(-c2ccccc2F)c(C)nn1. The van der Waals surface area contributed by atoms with Crippen molar-refractivity contribution in [3.8, 4) is 11.1 Å². The van der Waals surface area contributed by atoms with Crippen molar-refractivity contribution in [2.75, 3.05) is 11.9 Å². The second kappa shape index (κ2) is 5.58.